The summed E-state index contributed by atoms with van der Waals surface area (Å²) in [6, 6.07) is 24.7. The van der Waals surface area contributed by atoms with Crippen LogP contribution >= 0.6 is 15.9 Å². The van der Waals surface area contributed by atoms with Crippen molar-refractivity contribution >= 4 is 27.7 Å². The molecular weight excluding hydrogens is 528 g/mol. The fourth-order valence-electron chi connectivity index (χ4n) is 3.99. The van der Waals surface area contributed by atoms with Crippen molar-refractivity contribution in [1.29, 1.82) is 0 Å². The lowest BCUT2D eigenvalue weighted by molar-refractivity contribution is -0.142. The van der Waals surface area contributed by atoms with Gasteiger partial charge in [0.25, 0.3) is 5.91 Å². The number of benzene rings is 3. The van der Waals surface area contributed by atoms with Crippen molar-refractivity contribution in [2.75, 3.05) is 13.2 Å². The van der Waals surface area contributed by atoms with Gasteiger partial charge in [-0.25, -0.2) is 0 Å². The molecule has 0 aliphatic heterocycles. The Morgan fingerprint density at radius 3 is 2.19 bits per heavy atom. The minimum absolute atomic E-state index is 0.155. The van der Waals surface area contributed by atoms with Crippen molar-refractivity contribution in [1.82, 2.24) is 10.2 Å². The Labute approximate surface area is 229 Å². The van der Waals surface area contributed by atoms with Crippen LogP contribution in [0.25, 0.3) is 0 Å². The lowest BCUT2D eigenvalue weighted by Crippen LogP contribution is -2.52. The van der Waals surface area contributed by atoms with Crippen LogP contribution in [0.1, 0.15) is 50.3 Å². The lowest BCUT2D eigenvalue weighted by Gasteiger charge is -2.31. The molecule has 0 aliphatic rings. The van der Waals surface area contributed by atoms with Crippen LogP contribution in [-0.2, 0) is 22.6 Å². The number of halogens is 1. The Bertz CT molecular complexity index is 1150. The summed E-state index contributed by atoms with van der Waals surface area (Å²) in [5, 5.41) is 3.04. The van der Waals surface area contributed by atoms with Crippen molar-refractivity contribution in [3.63, 3.8) is 0 Å². The molecule has 3 rings (SSSR count). The van der Waals surface area contributed by atoms with Gasteiger partial charge in [-0.2, -0.15) is 0 Å². The van der Waals surface area contributed by atoms with Crippen molar-refractivity contribution < 1.29 is 14.3 Å². The first kappa shape index (κ1) is 28.5. The smallest absolute Gasteiger partial charge is 0.261 e. The van der Waals surface area contributed by atoms with Crippen molar-refractivity contribution in [3.05, 3.63) is 100 Å². The molecule has 0 saturated heterocycles. The molecule has 3 aromatic rings. The monoisotopic (exact) mass is 564 g/mol. The van der Waals surface area contributed by atoms with Gasteiger partial charge in [-0.3, -0.25) is 9.59 Å². The molecule has 0 aromatic heterocycles. The number of hydrogen-bond acceptors (Lipinski definition) is 3. The van der Waals surface area contributed by atoms with Gasteiger partial charge in [0.05, 0.1) is 0 Å². The molecule has 0 aliphatic carbocycles. The number of nitrogens with one attached hydrogen (secondary N) is 1. The Kier molecular flexibility index (Phi) is 10.8. The normalized spacial score (nSPS) is 11.9. The minimum Gasteiger partial charge on any atom is -0.484 e. The maximum Gasteiger partial charge on any atom is 0.261 e. The van der Waals surface area contributed by atoms with Crippen LogP contribution in [0.5, 0.6) is 5.75 Å². The molecule has 0 radical (unpaired) electrons. The number of nitrogens with zero attached hydrogens (tertiary/aromatic N) is 1. The lowest BCUT2D eigenvalue weighted by atomic mass is 10.0. The molecule has 37 heavy (non-hydrogen) atoms. The number of carbonyl (C=O) groups is 2. The van der Waals surface area contributed by atoms with E-state index in [0.29, 0.717) is 37.1 Å². The van der Waals surface area contributed by atoms with E-state index in [4.69, 9.17) is 4.74 Å². The van der Waals surface area contributed by atoms with E-state index in [-0.39, 0.29) is 18.4 Å². The van der Waals surface area contributed by atoms with Gasteiger partial charge in [0.2, 0.25) is 5.91 Å². The average Bonchev–Trinajstić information content (AvgIpc) is 2.88. The molecule has 5 nitrogen and oxygen atoms in total. The van der Waals surface area contributed by atoms with Crippen LogP contribution in [0.15, 0.2) is 83.3 Å². The predicted octanol–water partition coefficient (Wildman–Crippen LogP) is 6.36. The first-order chi connectivity index (χ1) is 17.7. The van der Waals surface area contributed by atoms with E-state index < -0.39 is 6.04 Å². The van der Waals surface area contributed by atoms with Crippen molar-refractivity contribution in [2.45, 2.75) is 52.6 Å². The summed E-state index contributed by atoms with van der Waals surface area (Å²) in [6.45, 7) is 9.05. The molecule has 196 valence electrons. The zero-order valence-electron chi connectivity index (χ0n) is 22.1. The van der Waals surface area contributed by atoms with Gasteiger partial charge in [-0.1, -0.05) is 98.2 Å². The fraction of sp³-hybridized carbons (Fsp3) is 0.355. The predicted molar refractivity (Wildman–Crippen MR) is 152 cm³/mol. The second-order valence-electron chi connectivity index (χ2n) is 10.0. The largest absolute Gasteiger partial charge is 0.484 e. The number of rotatable bonds is 12. The van der Waals surface area contributed by atoms with Crippen LogP contribution in [-0.4, -0.2) is 35.9 Å². The summed E-state index contributed by atoms with van der Waals surface area (Å²) in [4.78, 5) is 28.8. The standard InChI is InChI=1S/C31H37BrN2O3/c1-22(2)19-33-31(36)29(18-24-9-6-5-7-10-24)34(20-25-11-8-12-27(32)17-25)30(35)21-37-28-15-13-26(14-16-28)23(3)4/h5-17,22-23,29H,18-21H2,1-4H3,(H,33,36)/t29-/m1/s1. The Hall–Kier alpha value is -3.12. The summed E-state index contributed by atoms with van der Waals surface area (Å²) in [7, 11) is 0. The highest BCUT2D eigenvalue weighted by molar-refractivity contribution is 9.10. The summed E-state index contributed by atoms with van der Waals surface area (Å²) >= 11 is 3.52. The molecule has 0 fully saturated rings. The van der Waals surface area contributed by atoms with Gasteiger partial charge in [-0.15, -0.1) is 0 Å². The number of carbonyl (C=O) groups excluding carboxylic acids is 2. The quantitative estimate of drug-likeness (QED) is 0.278. The molecule has 0 bridgehead atoms. The van der Waals surface area contributed by atoms with Gasteiger partial charge in [0.15, 0.2) is 6.61 Å². The molecule has 0 heterocycles. The molecule has 1 atom stereocenters. The summed E-state index contributed by atoms with van der Waals surface area (Å²) in [5.74, 6) is 0.937. The van der Waals surface area contributed by atoms with Crippen LogP contribution in [0.2, 0.25) is 0 Å². The van der Waals surface area contributed by atoms with Crippen LogP contribution in [0, 0.1) is 5.92 Å². The van der Waals surface area contributed by atoms with Crippen molar-refractivity contribution in [2.24, 2.45) is 5.92 Å². The SMILES string of the molecule is CC(C)CNC(=O)[C@@H](Cc1ccccc1)N(Cc1cccc(Br)c1)C(=O)COc1ccc(C(C)C)cc1. The molecule has 1 N–H and O–H groups in total. The van der Waals surface area contributed by atoms with E-state index in [1.54, 1.807) is 4.90 Å². The highest BCUT2D eigenvalue weighted by Gasteiger charge is 2.30. The highest BCUT2D eigenvalue weighted by atomic mass is 79.9. The van der Waals surface area contributed by atoms with E-state index in [1.807, 2.05) is 78.9 Å². The maximum atomic E-state index is 13.7. The number of ether oxygens (including phenoxy) is 1. The highest BCUT2D eigenvalue weighted by Crippen LogP contribution is 2.20. The van der Waals surface area contributed by atoms with Crippen molar-refractivity contribution in [3.8, 4) is 5.75 Å². The molecule has 6 heteroatoms. The second kappa shape index (κ2) is 14.0. The Balaban J connectivity index is 1.87. The van der Waals surface area contributed by atoms with Crippen LogP contribution < -0.4 is 10.1 Å². The minimum atomic E-state index is -0.681. The van der Waals surface area contributed by atoms with Crippen LogP contribution in [0.4, 0.5) is 0 Å². The maximum absolute atomic E-state index is 13.7. The van der Waals surface area contributed by atoms with Gasteiger partial charge >= 0.3 is 0 Å². The Morgan fingerprint density at radius 1 is 0.892 bits per heavy atom. The molecule has 0 spiro atoms. The summed E-state index contributed by atoms with van der Waals surface area (Å²) in [5.41, 5.74) is 3.13. The van der Waals surface area contributed by atoms with E-state index in [2.05, 4.69) is 48.9 Å². The molecular formula is C31H37BrN2O3. The van der Waals surface area contributed by atoms with E-state index in [0.717, 1.165) is 15.6 Å². The molecule has 2 amide bonds. The van der Waals surface area contributed by atoms with E-state index in [1.165, 1.54) is 5.56 Å². The zero-order valence-corrected chi connectivity index (χ0v) is 23.7. The third-order valence-electron chi connectivity index (χ3n) is 6.11. The molecule has 0 saturated carbocycles. The Morgan fingerprint density at radius 2 is 1.57 bits per heavy atom. The second-order valence-corrected chi connectivity index (χ2v) is 10.9. The van der Waals surface area contributed by atoms with Gasteiger partial charge in [-0.05, 0) is 52.8 Å². The topological polar surface area (TPSA) is 58.6 Å². The molecule has 3 aromatic carbocycles. The summed E-state index contributed by atoms with van der Waals surface area (Å²) < 4.78 is 6.81. The van der Waals surface area contributed by atoms with Gasteiger partial charge in [0, 0.05) is 24.0 Å². The average molecular weight is 566 g/mol. The fourth-order valence-corrected chi connectivity index (χ4v) is 4.43. The first-order valence-electron chi connectivity index (χ1n) is 12.8. The number of hydrogen-bond donors (Lipinski definition) is 1. The van der Waals surface area contributed by atoms with Gasteiger partial charge < -0.3 is 15.0 Å². The van der Waals surface area contributed by atoms with Gasteiger partial charge in [0.1, 0.15) is 11.8 Å². The van der Waals surface area contributed by atoms with Crippen LogP contribution in [0.3, 0.4) is 0 Å². The third-order valence-corrected chi connectivity index (χ3v) is 6.60. The van der Waals surface area contributed by atoms with E-state index in [9.17, 15) is 9.59 Å². The molecule has 0 unspecified atom stereocenters. The third kappa shape index (κ3) is 9.04. The first-order valence-corrected chi connectivity index (χ1v) is 13.6. The summed E-state index contributed by atoms with van der Waals surface area (Å²) in [6.07, 6.45) is 0.410. The zero-order chi connectivity index (χ0) is 26.8. The van der Waals surface area contributed by atoms with E-state index >= 15 is 0 Å². The number of amides is 2.